The SMILES string of the molecule is c1ccc(OC2CCCC2)c(CNCC2CN(C3CC3)CCO2)c1. The minimum Gasteiger partial charge on any atom is -0.490 e. The van der Waals surface area contributed by atoms with E-state index in [4.69, 9.17) is 9.47 Å². The van der Waals surface area contributed by atoms with Crippen molar-refractivity contribution in [3.63, 3.8) is 0 Å². The van der Waals surface area contributed by atoms with Gasteiger partial charge in [-0.05, 0) is 44.6 Å². The quantitative estimate of drug-likeness (QED) is 0.833. The van der Waals surface area contributed by atoms with Crippen LogP contribution in [0.15, 0.2) is 24.3 Å². The summed E-state index contributed by atoms with van der Waals surface area (Å²) in [5.41, 5.74) is 1.26. The Balaban J connectivity index is 1.26. The molecule has 1 aromatic rings. The van der Waals surface area contributed by atoms with Crippen molar-refractivity contribution in [2.75, 3.05) is 26.2 Å². The molecule has 24 heavy (non-hydrogen) atoms. The fraction of sp³-hybridized carbons (Fsp3) is 0.700. The Kier molecular flexibility index (Phi) is 5.36. The Morgan fingerprint density at radius 1 is 1.12 bits per heavy atom. The molecule has 1 aromatic carbocycles. The van der Waals surface area contributed by atoms with Crippen molar-refractivity contribution in [2.24, 2.45) is 0 Å². The monoisotopic (exact) mass is 330 g/mol. The molecule has 4 rings (SSSR count). The van der Waals surface area contributed by atoms with Crippen LogP contribution in [-0.4, -0.2) is 49.4 Å². The maximum absolute atomic E-state index is 6.23. The van der Waals surface area contributed by atoms with Gasteiger partial charge in [0.15, 0.2) is 0 Å². The van der Waals surface area contributed by atoms with Crippen LogP contribution in [0.5, 0.6) is 5.75 Å². The Bertz CT molecular complexity index is 526. The molecule has 1 heterocycles. The summed E-state index contributed by atoms with van der Waals surface area (Å²) in [7, 11) is 0. The second kappa shape index (κ2) is 7.85. The summed E-state index contributed by atoms with van der Waals surface area (Å²) in [5, 5.41) is 3.58. The Morgan fingerprint density at radius 3 is 2.79 bits per heavy atom. The van der Waals surface area contributed by atoms with Crippen molar-refractivity contribution < 1.29 is 9.47 Å². The molecule has 2 saturated carbocycles. The lowest BCUT2D eigenvalue weighted by Gasteiger charge is -2.33. The zero-order valence-corrected chi connectivity index (χ0v) is 14.6. The first-order valence-corrected chi connectivity index (χ1v) is 9.69. The van der Waals surface area contributed by atoms with Crippen LogP contribution in [0.25, 0.3) is 0 Å². The Hall–Kier alpha value is -1.10. The van der Waals surface area contributed by atoms with Crippen LogP contribution < -0.4 is 10.1 Å². The van der Waals surface area contributed by atoms with E-state index in [0.717, 1.165) is 44.6 Å². The number of morpholine rings is 1. The van der Waals surface area contributed by atoms with E-state index in [1.807, 2.05) is 0 Å². The van der Waals surface area contributed by atoms with Crippen LogP contribution in [0.1, 0.15) is 44.1 Å². The molecule has 3 aliphatic rings. The first-order valence-electron chi connectivity index (χ1n) is 9.69. The summed E-state index contributed by atoms with van der Waals surface area (Å²) >= 11 is 0. The van der Waals surface area contributed by atoms with E-state index in [1.165, 1.54) is 44.1 Å². The summed E-state index contributed by atoms with van der Waals surface area (Å²) in [6.45, 7) is 4.84. The third kappa shape index (κ3) is 4.29. The van der Waals surface area contributed by atoms with Gasteiger partial charge >= 0.3 is 0 Å². The number of rotatable bonds is 7. The Labute approximate surface area is 145 Å². The molecule has 0 bridgehead atoms. The van der Waals surface area contributed by atoms with Gasteiger partial charge in [0.2, 0.25) is 0 Å². The van der Waals surface area contributed by atoms with Crippen LogP contribution in [0.4, 0.5) is 0 Å². The van der Waals surface area contributed by atoms with E-state index in [-0.39, 0.29) is 0 Å². The predicted octanol–water partition coefficient (Wildman–Crippen LogP) is 2.96. The molecule has 1 N–H and O–H groups in total. The molecule has 1 unspecified atom stereocenters. The number of para-hydroxylation sites is 1. The molecule has 0 aromatic heterocycles. The first-order chi connectivity index (χ1) is 11.9. The van der Waals surface area contributed by atoms with Crippen LogP contribution in [0.3, 0.4) is 0 Å². The van der Waals surface area contributed by atoms with Crippen molar-refractivity contribution in [3.8, 4) is 5.75 Å². The minimum atomic E-state index is 0.322. The second-order valence-electron chi connectivity index (χ2n) is 7.48. The first kappa shape index (κ1) is 16.4. The fourth-order valence-corrected chi connectivity index (χ4v) is 3.96. The zero-order valence-electron chi connectivity index (χ0n) is 14.6. The van der Waals surface area contributed by atoms with Gasteiger partial charge < -0.3 is 14.8 Å². The lowest BCUT2D eigenvalue weighted by atomic mass is 10.2. The highest BCUT2D eigenvalue weighted by atomic mass is 16.5. The van der Waals surface area contributed by atoms with Crippen molar-refractivity contribution in [2.45, 2.75) is 63.3 Å². The second-order valence-corrected chi connectivity index (χ2v) is 7.48. The van der Waals surface area contributed by atoms with Gasteiger partial charge in [0, 0.05) is 37.8 Å². The molecular formula is C20H30N2O2. The van der Waals surface area contributed by atoms with E-state index in [1.54, 1.807) is 0 Å². The van der Waals surface area contributed by atoms with Gasteiger partial charge in [-0.3, -0.25) is 4.90 Å². The molecular weight excluding hydrogens is 300 g/mol. The number of hydrogen-bond acceptors (Lipinski definition) is 4. The third-order valence-electron chi connectivity index (χ3n) is 5.49. The summed E-state index contributed by atoms with van der Waals surface area (Å²) < 4.78 is 12.2. The van der Waals surface area contributed by atoms with Crippen molar-refractivity contribution in [1.29, 1.82) is 0 Å². The van der Waals surface area contributed by atoms with Gasteiger partial charge in [-0.15, -0.1) is 0 Å². The molecule has 3 fully saturated rings. The maximum atomic E-state index is 6.23. The molecule has 0 amide bonds. The molecule has 1 atom stereocenters. The van der Waals surface area contributed by atoms with Crippen molar-refractivity contribution in [3.05, 3.63) is 29.8 Å². The van der Waals surface area contributed by atoms with Gasteiger partial charge in [0.1, 0.15) is 5.75 Å². The maximum Gasteiger partial charge on any atom is 0.124 e. The van der Waals surface area contributed by atoms with Crippen LogP contribution in [0.2, 0.25) is 0 Å². The predicted molar refractivity (Wildman–Crippen MR) is 95.4 cm³/mol. The molecule has 2 aliphatic carbocycles. The molecule has 0 spiro atoms. The molecule has 1 saturated heterocycles. The van der Waals surface area contributed by atoms with Crippen molar-refractivity contribution >= 4 is 0 Å². The number of nitrogens with zero attached hydrogens (tertiary/aromatic N) is 1. The number of benzene rings is 1. The molecule has 1 aliphatic heterocycles. The molecule has 132 valence electrons. The standard InChI is InChI=1S/C20H30N2O2/c1-4-8-20(24-18-6-2-3-7-18)16(5-1)13-21-14-19-15-22(11-12-23-19)17-9-10-17/h1,4-5,8,17-19,21H,2-3,6-7,9-15H2. The number of ether oxygens (including phenoxy) is 2. The zero-order chi connectivity index (χ0) is 16.2. The highest BCUT2D eigenvalue weighted by Crippen LogP contribution is 2.28. The summed E-state index contributed by atoms with van der Waals surface area (Å²) in [6.07, 6.45) is 8.52. The topological polar surface area (TPSA) is 33.7 Å². The number of nitrogens with one attached hydrogen (secondary N) is 1. The van der Waals surface area contributed by atoms with Gasteiger partial charge in [-0.2, -0.15) is 0 Å². The van der Waals surface area contributed by atoms with E-state index < -0.39 is 0 Å². The smallest absolute Gasteiger partial charge is 0.124 e. The molecule has 0 radical (unpaired) electrons. The molecule has 4 heteroatoms. The number of hydrogen-bond donors (Lipinski definition) is 1. The minimum absolute atomic E-state index is 0.322. The van der Waals surface area contributed by atoms with Crippen LogP contribution in [0, 0.1) is 0 Å². The van der Waals surface area contributed by atoms with Gasteiger partial charge in [-0.1, -0.05) is 18.2 Å². The fourth-order valence-electron chi connectivity index (χ4n) is 3.96. The third-order valence-corrected chi connectivity index (χ3v) is 5.49. The van der Waals surface area contributed by atoms with Gasteiger partial charge in [0.05, 0.1) is 18.8 Å². The highest BCUT2D eigenvalue weighted by molar-refractivity contribution is 5.33. The van der Waals surface area contributed by atoms with E-state index >= 15 is 0 Å². The summed E-state index contributed by atoms with van der Waals surface area (Å²) in [4.78, 5) is 2.60. The Morgan fingerprint density at radius 2 is 1.96 bits per heavy atom. The molecule has 4 nitrogen and oxygen atoms in total. The highest BCUT2D eigenvalue weighted by Gasteiger charge is 2.32. The van der Waals surface area contributed by atoms with Crippen LogP contribution >= 0.6 is 0 Å². The summed E-state index contributed by atoms with van der Waals surface area (Å²) in [5.74, 6) is 1.06. The lowest BCUT2D eigenvalue weighted by molar-refractivity contribution is -0.0301. The van der Waals surface area contributed by atoms with E-state index in [0.29, 0.717) is 12.2 Å². The largest absolute Gasteiger partial charge is 0.490 e. The van der Waals surface area contributed by atoms with Gasteiger partial charge in [0.25, 0.3) is 0 Å². The van der Waals surface area contributed by atoms with E-state index in [9.17, 15) is 0 Å². The van der Waals surface area contributed by atoms with E-state index in [2.05, 4.69) is 34.5 Å². The average Bonchev–Trinajstić information content (AvgIpc) is 3.35. The van der Waals surface area contributed by atoms with Gasteiger partial charge in [-0.25, -0.2) is 0 Å². The summed E-state index contributed by atoms with van der Waals surface area (Å²) in [6, 6.07) is 9.31. The van der Waals surface area contributed by atoms with Crippen molar-refractivity contribution in [1.82, 2.24) is 10.2 Å². The lowest BCUT2D eigenvalue weighted by Crippen LogP contribution is -2.47. The van der Waals surface area contributed by atoms with Crippen LogP contribution in [-0.2, 0) is 11.3 Å². The normalized spacial score (nSPS) is 25.9. The average molecular weight is 330 g/mol.